The first-order valence-electron chi connectivity index (χ1n) is 6.43. The maximum Gasteiger partial charge on any atom is 0.137 e. The fourth-order valence-corrected chi connectivity index (χ4v) is 2.19. The van der Waals surface area contributed by atoms with Crippen LogP contribution in [0.5, 0.6) is 0 Å². The first-order chi connectivity index (χ1) is 8.72. The van der Waals surface area contributed by atoms with Gasteiger partial charge in [-0.3, -0.25) is 4.79 Å². The summed E-state index contributed by atoms with van der Waals surface area (Å²) >= 11 is 0. The van der Waals surface area contributed by atoms with Crippen LogP contribution in [0.2, 0.25) is 0 Å². The summed E-state index contributed by atoms with van der Waals surface area (Å²) in [6, 6.07) is 8.46. The van der Waals surface area contributed by atoms with Gasteiger partial charge in [0.1, 0.15) is 5.78 Å². The Morgan fingerprint density at radius 3 is 2.56 bits per heavy atom. The molecular formula is C17H18O. The fourth-order valence-electron chi connectivity index (χ4n) is 2.19. The molecule has 18 heavy (non-hydrogen) atoms. The van der Waals surface area contributed by atoms with E-state index in [1.54, 1.807) is 0 Å². The van der Waals surface area contributed by atoms with Crippen molar-refractivity contribution in [2.75, 3.05) is 0 Å². The maximum absolute atomic E-state index is 11.7. The molecule has 0 aliphatic heterocycles. The molecule has 1 aromatic carbocycles. The van der Waals surface area contributed by atoms with E-state index in [0.29, 0.717) is 18.6 Å². The zero-order valence-electron chi connectivity index (χ0n) is 10.8. The molecule has 0 saturated carbocycles. The summed E-state index contributed by atoms with van der Waals surface area (Å²) in [5.41, 5.74) is 7.50. The number of hydrogen-bond donors (Lipinski definition) is 0. The Hall–Kier alpha value is -1.85. The third kappa shape index (κ3) is 2.88. The summed E-state index contributed by atoms with van der Waals surface area (Å²) in [5.74, 6) is 0.297. The second kappa shape index (κ2) is 5.66. The Balaban J connectivity index is 2.36. The second-order valence-corrected chi connectivity index (χ2v) is 4.64. The minimum absolute atomic E-state index is 0.297. The molecule has 1 aliphatic rings. The Morgan fingerprint density at radius 2 is 1.94 bits per heavy atom. The number of benzene rings is 1. The van der Waals surface area contributed by atoms with Gasteiger partial charge in [0.05, 0.1) is 0 Å². The molecule has 1 heteroatoms. The molecule has 0 radical (unpaired) electrons. The zero-order valence-corrected chi connectivity index (χ0v) is 10.8. The molecule has 0 N–H and O–H groups in total. The van der Waals surface area contributed by atoms with E-state index in [2.05, 4.69) is 49.6 Å². The van der Waals surface area contributed by atoms with Crippen molar-refractivity contribution < 1.29 is 4.79 Å². The molecule has 0 heterocycles. The Morgan fingerprint density at radius 1 is 1.22 bits per heavy atom. The van der Waals surface area contributed by atoms with Gasteiger partial charge in [0.25, 0.3) is 0 Å². The highest BCUT2D eigenvalue weighted by Crippen LogP contribution is 2.26. The van der Waals surface area contributed by atoms with Crippen molar-refractivity contribution in [2.24, 2.45) is 0 Å². The topological polar surface area (TPSA) is 17.1 Å². The normalized spacial score (nSPS) is 15.9. The minimum Gasteiger partial charge on any atom is -0.299 e. The summed E-state index contributed by atoms with van der Waals surface area (Å²) in [6.07, 6.45) is 5.00. The lowest BCUT2D eigenvalue weighted by Crippen LogP contribution is -1.96. The summed E-state index contributed by atoms with van der Waals surface area (Å²) in [5, 5.41) is 0. The van der Waals surface area contributed by atoms with Crippen molar-refractivity contribution in [3.8, 4) is 0 Å². The van der Waals surface area contributed by atoms with Crippen LogP contribution in [0, 0.1) is 0 Å². The van der Waals surface area contributed by atoms with Gasteiger partial charge in [-0.1, -0.05) is 37.8 Å². The molecule has 0 unspecified atom stereocenters. The van der Waals surface area contributed by atoms with Crippen molar-refractivity contribution in [1.29, 1.82) is 0 Å². The molecule has 1 aliphatic carbocycles. The number of allylic oxidation sites excluding steroid dienone is 3. The van der Waals surface area contributed by atoms with Gasteiger partial charge >= 0.3 is 0 Å². The summed E-state index contributed by atoms with van der Waals surface area (Å²) in [4.78, 5) is 11.7. The first-order valence-corrected chi connectivity index (χ1v) is 6.43. The third-order valence-electron chi connectivity index (χ3n) is 3.37. The van der Waals surface area contributed by atoms with Gasteiger partial charge in [0.15, 0.2) is 0 Å². The standard InChI is InChI=1S/C17H18O/c1-3-13-5-8-15(9-6-13)16-11-14(4-2)7-10-17(18)12-16/h5-6,8-9,11H,2-3,7,10,12H2,1H3. The zero-order chi connectivity index (χ0) is 13.0. The molecule has 0 saturated heterocycles. The Kier molecular flexibility index (Phi) is 3.96. The SMILES string of the molecule is C=C=C1C=C(c2ccc(CC)cc2)CC(=O)CC1. The molecule has 0 fully saturated rings. The highest BCUT2D eigenvalue weighted by molar-refractivity contribution is 5.92. The molecule has 1 aromatic rings. The van der Waals surface area contributed by atoms with Crippen molar-refractivity contribution in [1.82, 2.24) is 0 Å². The predicted molar refractivity (Wildman–Crippen MR) is 75.3 cm³/mol. The van der Waals surface area contributed by atoms with E-state index < -0.39 is 0 Å². The Bertz CT molecular complexity index is 525. The van der Waals surface area contributed by atoms with Gasteiger partial charge < -0.3 is 0 Å². The van der Waals surface area contributed by atoms with Crippen LogP contribution in [0.1, 0.15) is 37.3 Å². The summed E-state index contributed by atoms with van der Waals surface area (Å²) < 4.78 is 0. The average molecular weight is 238 g/mol. The second-order valence-electron chi connectivity index (χ2n) is 4.64. The molecule has 0 aromatic heterocycles. The fraction of sp³-hybridized carbons (Fsp3) is 0.294. The van der Waals surface area contributed by atoms with E-state index in [0.717, 1.165) is 29.6 Å². The number of carbonyl (C=O) groups excluding carboxylic acids is 1. The number of aryl methyl sites for hydroxylation is 1. The lowest BCUT2D eigenvalue weighted by Gasteiger charge is -2.06. The van der Waals surface area contributed by atoms with Gasteiger partial charge in [-0.25, -0.2) is 0 Å². The van der Waals surface area contributed by atoms with Gasteiger partial charge in [-0.05, 0) is 41.2 Å². The molecule has 0 atom stereocenters. The maximum atomic E-state index is 11.7. The lowest BCUT2D eigenvalue weighted by atomic mass is 9.99. The smallest absolute Gasteiger partial charge is 0.137 e. The van der Waals surface area contributed by atoms with Crippen LogP contribution in [0.4, 0.5) is 0 Å². The average Bonchev–Trinajstić information content (AvgIpc) is 2.60. The molecular weight excluding hydrogens is 220 g/mol. The minimum atomic E-state index is 0.297. The van der Waals surface area contributed by atoms with Crippen molar-refractivity contribution >= 4 is 11.4 Å². The molecule has 0 spiro atoms. The highest BCUT2D eigenvalue weighted by atomic mass is 16.1. The molecule has 2 rings (SSSR count). The number of Topliss-reactive ketones (excluding diaryl/α,β-unsaturated/α-hetero) is 1. The van der Waals surface area contributed by atoms with Crippen LogP contribution in [-0.2, 0) is 11.2 Å². The Labute approximate surface area is 109 Å². The number of ketones is 1. The van der Waals surface area contributed by atoms with Crippen LogP contribution in [0.3, 0.4) is 0 Å². The van der Waals surface area contributed by atoms with Gasteiger partial charge in [-0.15, -0.1) is 5.73 Å². The van der Waals surface area contributed by atoms with E-state index in [9.17, 15) is 4.79 Å². The molecule has 0 bridgehead atoms. The summed E-state index contributed by atoms with van der Waals surface area (Å²) in [6.45, 7) is 5.83. The van der Waals surface area contributed by atoms with Crippen molar-refractivity contribution in [3.63, 3.8) is 0 Å². The van der Waals surface area contributed by atoms with Gasteiger partial charge in [-0.2, -0.15) is 0 Å². The van der Waals surface area contributed by atoms with Crippen LogP contribution in [-0.4, -0.2) is 5.78 Å². The lowest BCUT2D eigenvalue weighted by molar-refractivity contribution is -0.117. The van der Waals surface area contributed by atoms with Crippen LogP contribution in [0.25, 0.3) is 5.57 Å². The van der Waals surface area contributed by atoms with Crippen molar-refractivity contribution in [3.05, 3.63) is 59.4 Å². The van der Waals surface area contributed by atoms with E-state index >= 15 is 0 Å². The largest absolute Gasteiger partial charge is 0.299 e. The van der Waals surface area contributed by atoms with Crippen molar-refractivity contribution in [2.45, 2.75) is 32.6 Å². The monoisotopic (exact) mass is 238 g/mol. The molecule has 92 valence electrons. The summed E-state index contributed by atoms with van der Waals surface area (Å²) in [7, 11) is 0. The number of hydrogen-bond acceptors (Lipinski definition) is 1. The van der Waals surface area contributed by atoms with E-state index in [1.165, 1.54) is 5.56 Å². The molecule has 0 amide bonds. The van der Waals surface area contributed by atoms with Crippen LogP contribution in [0.15, 0.2) is 48.2 Å². The number of rotatable bonds is 2. The van der Waals surface area contributed by atoms with E-state index in [4.69, 9.17) is 0 Å². The number of carbonyl (C=O) groups is 1. The van der Waals surface area contributed by atoms with E-state index in [-0.39, 0.29) is 0 Å². The quantitative estimate of drug-likeness (QED) is 0.709. The predicted octanol–water partition coefficient (Wildman–Crippen LogP) is 4.10. The molecule has 1 nitrogen and oxygen atoms in total. The van der Waals surface area contributed by atoms with E-state index in [1.807, 2.05) is 0 Å². The third-order valence-corrected chi connectivity index (χ3v) is 3.37. The van der Waals surface area contributed by atoms with Gasteiger partial charge in [0, 0.05) is 12.8 Å². The highest BCUT2D eigenvalue weighted by Gasteiger charge is 2.13. The first kappa shape index (κ1) is 12.6. The van der Waals surface area contributed by atoms with Gasteiger partial charge in [0.2, 0.25) is 0 Å². The van der Waals surface area contributed by atoms with Crippen LogP contribution >= 0.6 is 0 Å². The van der Waals surface area contributed by atoms with Crippen LogP contribution < -0.4 is 0 Å².